The number of halogens is 1. The van der Waals surface area contributed by atoms with Crippen molar-refractivity contribution in [3.63, 3.8) is 0 Å². The Morgan fingerprint density at radius 1 is 0.892 bits per heavy atom. The largest absolute Gasteiger partial charge is 0.339 e. The number of hydrogen-bond acceptors (Lipinski definition) is 5. The van der Waals surface area contributed by atoms with Gasteiger partial charge in [-0.2, -0.15) is 4.98 Å². The zero-order chi connectivity index (χ0) is 26.3. The van der Waals surface area contributed by atoms with E-state index >= 15 is 0 Å². The molecule has 1 fully saturated rings. The summed E-state index contributed by atoms with van der Waals surface area (Å²) in [6, 6.07) is 15.5. The number of amides is 1. The van der Waals surface area contributed by atoms with Crippen molar-refractivity contribution in [2.45, 2.75) is 19.9 Å². The van der Waals surface area contributed by atoms with Crippen molar-refractivity contribution in [3.05, 3.63) is 91.1 Å². The molecule has 2 aromatic carbocycles. The first-order valence-electron chi connectivity index (χ1n) is 12.2. The van der Waals surface area contributed by atoms with Gasteiger partial charge in [-0.1, -0.05) is 53.6 Å². The van der Waals surface area contributed by atoms with E-state index in [0.717, 1.165) is 21.3 Å². The van der Waals surface area contributed by atoms with E-state index in [0.29, 0.717) is 61.3 Å². The van der Waals surface area contributed by atoms with Crippen molar-refractivity contribution in [1.29, 1.82) is 0 Å². The molecule has 0 saturated carbocycles. The minimum atomic E-state index is -0.415. The standard InChI is InChI=1S/C27H29ClN6O3/c1-18-4-6-20(7-5-18)17-34-23-24(30(2)27(37)31(3)25(23)36)29-26(34)33-14-12-32(13-15-33)22(35)16-19-8-10-21(28)11-9-19/h4-11H,12-17H2,1-3H3. The topological polar surface area (TPSA) is 85.4 Å². The molecule has 0 radical (unpaired) electrons. The molecular weight excluding hydrogens is 492 g/mol. The van der Waals surface area contributed by atoms with Crippen LogP contribution < -0.4 is 16.1 Å². The van der Waals surface area contributed by atoms with E-state index in [9.17, 15) is 14.4 Å². The highest BCUT2D eigenvalue weighted by molar-refractivity contribution is 6.30. The average Bonchev–Trinajstić information content (AvgIpc) is 3.28. The second-order valence-corrected chi connectivity index (χ2v) is 9.97. The second kappa shape index (κ2) is 9.89. The zero-order valence-corrected chi connectivity index (χ0v) is 21.9. The van der Waals surface area contributed by atoms with Gasteiger partial charge in [0.2, 0.25) is 11.9 Å². The first-order valence-corrected chi connectivity index (χ1v) is 12.6. The van der Waals surface area contributed by atoms with Crippen LogP contribution >= 0.6 is 11.6 Å². The lowest BCUT2D eigenvalue weighted by atomic mass is 10.1. The SMILES string of the molecule is Cc1ccc(Cn2c(N3CCN(C(=O)Cc4ccc(Cl)cc4)CC3)nc3c2c(=O)n(C)c(=O)n3C)cc1. The molecule has 3 heterocycles. The molecule has 37 heavy (non-hydrogen) atoms. The molecule has 0 unspecified atom stereocenters. The number of aryl methyl sites for hydroxylation is 2. The number of imidazole rings is 1. The summed E-state index contributed by atoms with van der Waals surface area (Å²) < 4.78 is 4.43. The summed E-state index contributed by atoms with van der Waals surface area (Å²) in [5, 5.41) is 0.644. The van der Waals surface area contributed by atoms with Gasteiger partial charge in [-0.15, -0.1) is 0 Å². The summed E-state index contributed by atoms with van der Waals surface area (Å²) in [7, 11) is 3.11. The molecule has 10 heteroatoms. The average molecular weight is 521 g/mol. The van der Waals surface area contributed by atoms with Crippen LogP contribution in [0.4, 0.5) is 5.95 Å². The normalized spacial score (nSPS) is 13.9. The highest BCUT2D eigenvalue weighted by Crippen LogP contribution is 2.23. The van der Waals surface area contributed by atoms with Crippen LogP contribution in [-0.4, -0.2) is 55.7 Å². The lowest BCUT2D eigenvalue weighted by molar-refractivity contribution is -0.130. The molecule has 192 valence electrons. The van der Waals surface area contributed by atoms with Crippen LogP contribution in [-0.2, 0) is 31.9 Å². The van der Waals surface area contributed by atoms with Crippen LogP contribution in [0.1, 0.15) is 16.7 Å². The van der Waals surface area contributed by atoms with Crippen molar-refractivity contribution in [2.24, 2.45) is 14.1 Å². The van der Waals surface area contributed by atoms with E-state index in [1.165, 1.54) is 11.6 Å². The summed E-state index contributed by atoms with van der Waals surface area (Å²) in [4.78, 5) is 47.4. The van der Waals surface area contributed by atoms with Gasteiger partial charge in [0, 0.05) is 45.3 Å². The third-order valence-electron chi connectivity index (χ3n) is 6.97. The molecule has 0 spiro atoms. The Bertz CT molecular complexity index is 1580. The van der Waals surface area contributed by atoms with E-state index in [-0.39, 0.29) is 11.5 Å². The van der Waals surface area contributed by atoms with Crippen LogP contribution in [0.3, 0.4) is 0 Å². The Balaban J connectivity index is 1.44. The minimum Gasteiger partial charge on any atom is -0.339 e. The van der Waals surface area contributed by atoms with E-state index in [1.54, 1.807) is 19.2 Å². The van der Waals surface area contributed by atoms with E-state index in [2.05, 4.69) is 4.90 Å². The maximum absolute atomic E-state index is 13.2. The number of benzene rings is 2. The molecule has 0 atom stereocenters. The third-order valence-corrected chi connectivity index (χ3v) is 7.22. The van der Waals surface area contributed by atoms with E-state index in [1.807, 2.05) is 52.8 Å². The Morgan fingerprint density at radius 3 is 2.16 bits per heavy atom. The van der Waals surface area contributed by atoms with Gasteiger partial charge in [-0.05, 0) is 30.2 Å². The molecule has 1 aliphatic heterocycles. The monoisotopic (exact) mass is 520 g/mol. The fourth-order valence-corrected chi connectivity index (χ4v) is 4.87. The van der Waals surface area contributed by atoms with Gasteiger partial charge >= 0.3 is 5.69 Å². The molecule has 0 aliphatic carbocycles. The summed E-state index contributed by atoms with van der Waals surface area (Å²) in [5.74, 6) is 0.685. The van der Waals surface area contributed by atoms with Gasteiger partial charge in [0.05, 0.1) is 13.0 Å². The number of rotatable bonds is 5. The summed E-state index contributed by atoms with van der Waals surface area (Å²) >= 11 is 5.96. The first kappa shape index (κ1) is 24.8. The summed E-state index contributed by atoms with van der Waals surface area (Å²) in [6.07, 6.45) is 0.321. The van der Waals surface area contributed by atoms with Crippen LogP contribution in [0, 0.1) is 6.92 Å². The molecule has 9 nitrogen and oxygen atoms in total. The van der Waals surface area contributed by atoms with Crippen molar-refractivity contribution in [2.75, 3.05) is 31.1 Å². The molecule has 0 bridgehead atoms. The van der Waals surface area contributed by atoms with E-state index in [4.69, 9.17) is 16.6 Å². The molecule has 1 aliphatic rings. The number of carbonyl (C=O) groups excluding carboxylic acids is 1. The summed E-state index contributed by atoms with van der Waals surface area (Å²) in [6.45, 7) is 4.68. The van der Waals surface area contributed by atoms with Crippen molar-refractivity contribution in [3.8, 4) is 0 Å². The quantitative estimate of drug-likeness (QED) is 0.403. The molecule has 2 aromatic heterocycles. The van der Waals surface area contributed by atoms with Crippen LogP contribution in [0.25, 0.3) is 11.2 Å². The lowest BCUT2D eigenvalue weighted by Gasteiger charge is -2.35. The van der Waals surface area contributed by atoms with Crippen LogP contribution in [0.2, 0.25) is 5.02 Å². The minimum absolute atomic E-state index is 0.0615. The van der Waals surface area contributed by atoms with Gasteiger partial charge in [0.15, 0.2) is 11.2 Å². The Morgan fingerprint density at radius 2 is 1.51 bits per heavy atom. The highest BCUT2D eigenvalue weighted by atomic mass is 35.5. The van der Waals surface area contributed by atoms with E-state index < -0.39 is 5.69 Å². The van der Waals surface area contributed by atoms with Gasteiger partial charge in [0.1, 0.15) is 0 Å². The lowest BCUT2D eigenvalue weighted by Crippen LogP contribution is -2.50. The fraction of sp³-hybridized carbons (Fsp3) is 0.333. The maximum atomic E-state index is 13.2. The van der Waals surface area contributed by atoms with Crippen molar-refractivity contribution < 1.29 is 4.79 Å². The highest BCUT2D eigenvalue weighted by Gasteiger charge is 2.27. The smallest absolute Gasteiger partial charge is 0.332 e. The van der Waals surface area contributed by atoms with Crippen LogP contribution in [0.5, 0.6) is 0 Å². The molecule has 1 saturated heterocycles. The Kier molecular flexibility index (Phi) is 6.64. The summed E-state index contributed by atoms with van der Waals surface area (Å²) in [5.41, 5.74) is 3.06. The predicted molar refractivity (Wildman–Crippen MR) is 144 cm³/mol. The predicted octanol–water partition coefficient (Wildman–Crippen LogP) is 2.34. The number of hydrogen-bond donors (Lipinski definition) is 0. The van der Waals surface area contributed by atoms with Gasteiger partial charge in [-0.25, -0.2) is 4.79 Å². The van der Waals surface area contributed by atoms with Crippen LogP contribution in [0.15, 0.2) is 58.1 Å². The zero-order valence-electron chi connectivity index (χ0n) is 21.1. The van der Waals surface area contributed by atoms with Gasteiger partial charge in [-0.3, -0.25) is 23.3 Å². The fourth-order valence-electron chi connectivity index (χ4n) is 4.75. The number of carbonyl (C=O) groups is 1. The Hall–Kier alpha value is -3.85. The molecule has 5 rings (SSSR count). The molecule has 4 aromatic rings. The Labute approximate surface area is 219 Å². The van der Waals surface area contributed by atoms with Gasteiger partial charge in [0.25, 0.3) is 5.56 Å². The molecule has 1 amide bonds. The number of aromatic nitrogens is 4. The van der Waals surface area contributed by atoms with Crippen molar-refractivity contribution in [1.82, 2.24) is 23.6 Å². The number of piperazine rings is 1. The number of anilines is 1. The van der Waals surface area contributed by atoms with Crippen molar-refractivity contribution >= 4 is 34.6 Å². The first-order chi connectivity index (χ1) is 17.7. The third kappa shape index (κ3) is 4.79. The second-order valence-electron chi connectivity index (χ2n) is 9.53. The maximum Gasteiger partial charge on any atom is 0.332 e. The molecule has 0 N–H and O–H groups in total. The number of fused-ring (bicyclic) bond motifs is 1. The molecular formula is C27H29ClN6O3. The van der Waals surface area contributed by atoms with Gasteiger partial charge < -0.3 is 9.80 Å². The number of nitrogens with zero attached hydrogens (tertiary/aromatic N) is 6.